The summed E-state index contributed by atoms with van der Waals surface area (Å²) in [4.78, 5) is 197. The first kappa shape index (κ1) is 102. The molecule has 3 aliphatic rings. The van der Waals surface area contributed by atoms with Crippen LogP contribution < -0.4 is 0 Å². The monoisotopic (exact) mass is 1850 g/mol. The maximum absolute atomic E-state index is 15.4. The molecule has 0 saturated carbocycles. The summed E-state index contributed by atoms with van der Waals surface area (Å²) in [7, 11) is 13.5. The van der Waals surface area contributed by atoms with Gasteiger partial charge in [0.05, 0.1) is 73.0 Å². The molecule has 0 aromatic rings. The topological polar surface area (TPSA) is 362 Å². The molecule has 0 N–H and O–H groups in total. The Kier molecular flexibility index (Phi) is 35.8. The number of nitrogens with zero attached hydrogens (tertiary/aromatic N) is 1. The van der Waals surface area contributed by atoms with E-state index in [9.17, 15) is 57.5 Å². The summed E-state index contributed by atoms with van der Waals surface area (Å²) in [5.74, 6) is -14.3. The van der Waals surface area contributed by atoms with Gasteiger partial charge in [-0.15, -0.1) is 0 Å². The number of fused-ring (bicyclic) bond motifs is 5. The third kappa shape index (κ3) is 29.2. The summed E-state index contributed by atoms with van der Waals surface area (Å²) in [6.07, 6.45) is -0.774. The van der Waals surface area contributed by atoms with Gasteiger partial charge in [-0.3, -0.25) is 67.1 Å². The summed E-state index contributed by atoms with van der Waals surface area (Å²) >= 11 is 13.1. The van der Waals surface area contributed by atoms with Crippen molar-refractivity contribution < 1.29 is 129 Å². The number of hydrogen-bond donors (Lipinski definition) is 0. The van der Waals surface area contributed by atoms with Gasteiger partial charge in [0.1, 0.15) is 114 Å². The van der Waals surface area contributed by atoms with Gasteiger partial charge >= 0.3 is 65.7 Å². The number of likely N-dealkylation sites (tertiary alicyclic amines) is 1. The van der Waals surface area contributed by atoms with Crippen LogP contribution in [0.2, 0.25) is 10.6 Å². The van der Waals surface area contributed by atoms with Crippen LogP contribution in [0.15, 0.2) is 24.4 Å². The molecule has 0 aliphatic carbocycles. The van der Waals surface area contributed by atoms with Crippen molar-refractivity contribution in [2.45, 2.75) is 237 Å². The van der Waals surface area contributed by atoms with Gasteiger partial charge < -0.3 is 66.5 Å². The van der Waals surface area contributed by atoms with Gasteiger partial charge in [0.15, 0.2) is 0 Å². The fraction of sp³-hybridized carbons (Fsp3) is 0.772. The molecule has 3 rings (SSSR count). The molecule has 0 spiro atoms. The highest BCUT2D eigenvalue weighted by Crippen LogP contribution is 2.52. The number of hydrogen-bond acceptors (Lipinski definition) is 27. The Labute approximate surface area is 701 Å². The fourth-order valence-electron chi connectivity index (χ4n) is 11.4. The summed E-state index contributed by atoms with van der Waals surface area (Å²) < 4.78 is 70.2. The van der Waals surface area contributed by atoms with Crippen molar-refractivity contribution in [3.63, 3.8) is 0 Å². The van der Waals surface area contributed by atoms with Gasteiger partial charge in [0.2, 0.25) is 5.91 Å². The van der Waals surface area contributed by atoms with Gasteiger partial charge in [-0.2, -0.15) is 0 Å². The number of ether oxygens (including phenoxy) is 13. The van der Waals surface area contributed by atoms with E-state index in [0.717, 1.165) is 6.42 Å². The van der Waals surface area contributed by atoms with E-state index in [1.54, 1.807) is 48.5 Å². The van der Waals surface area contributed by atoms with E-state index in [-0.39, 0.29) is 74.2 Å². The molecule has 3 heterocycles. The van der Waals surface area contributed by atoms with Gasteiger partial charge in [0, 0.05) is 47.6 Å². The Balaban J connectivity index is 2.30. The molecule has 3 fully saturated rings. The molecule has 28 nitrogen and oxygen atoms in total. The Hall–Kier alpha value is -5.57. The van der Waals surface area contributed by atoms with Crippen molar-refractivity contribution in [2.24, 2.45) is 55.7 Å². The van der Waals surface area contributed by atoms with Gasteiger partial charge in [-0.05, 0) is 149 Å². The lowest BCUT2D eigenvalue weighted by molar-refractivity contribution is -0.179. The summed E-state index contributed by atoms with van der Waals surface area (Å²) in [5.41, 5.74) is -11.3. The molecule has 0 aromatic heterocycles. The second kappa shape index (κ2) is 39.8. The van der Waals surface area contributed by atoms with Crippen molar-refractivity contribution in [3.05, 3.63) is 24.4 Å². The number of ketones is 2. The van der Waals surface area contributed by atoms with Crippen LogP contribution >= 0.6 is 63.7 Å². The molecule has 9 unspecified atom stereocenters. The molecular formula is C79H117B2Br4NO27. The molecule has 0 aromatic carbocycles. The van der Waals surface area contributed by atoms with Crippen LogP contribution in [0.1, 0.15) is 197 Å². The summed E-state index contributed by atoms with van der Waals surface area (Å²) in [5, 5.41) is -3.00. The molecular weight excluding hydrogens is 1740 g/mol. The zero-order valence-electron chi connectivity index (χ0n) is 69.8. The predicted octanol–water partition coefficient (Wildman–Crippen LogP) is 10.9. The quantitative estimate of drug-likeness (QED) is 0.0180. The van der Waals surface area contributed by atoms with E-state index in [1.165, 1.54) is 109 Å². The fourth-order valence-corrected chi connectivity index (χ4v) is 12.0. The highest BCUT2D eigenvalue weighted by Gasteiger charge is 2.60. The average molecular weight is 1850 g/mol. The number of halogens is 4. The third-order valence-corrected chi connectivity index (χ3v) is 21.4. The molecule has 9 atom stereocenters. The van der Waals surface area contributed by atoms with Crippen molar-refractivity contribution in [3.8, 4) is 0 Å². The van der Waals surface area contributed by atoms with Crippen LogP contribution in [0.5, 0.6) is 0 Å². The first-order chi connectivity index (χ1) is 51.2. The maximum Gasteiger partial charge on any atom is 0.322 e. The van der Waals surface area contributed by atoms with Crippen molar-refractivity contribution in [2.75, 3.05) is 92.9 Å². The number of alkyl halides is 4. The van der Waals surface area contributed by atoms with Crippen LogP contribution in [0.3, 0.4) is 0 Å². The molecule has 113 heavy (non-hydrogen) atoms. The van der Waals surface area contributed by atoms with Crippen molar-refractivity contribution in [1.82, 2.24) is 4.90 Å². The molecule has 634 valence electrons. The third-order valence-electron chi connectivity index (χ3n) is 20.0. The zero-order valence-corrected chi connectivity index (χ0v) is 76.1. The first-order valence-corrected chi connectivity index (χ1v) is 40.5. The first-order valence-electron chi connectivity index (χ1n) is 37.3. The summed E-state index contributed by atoms with van der Waals surface area (Å²) in [6, 6.07) is 0. The van der Waals surface area contributed by atoms with Gasteiger partial charge in [0.25, 0.3) is 0 Å². The van der Waals surface area contributed by atoms with E-state index in [2.05, 4.69) is 76.9 Å². The van der Waals surface area contributed by atoms with E-state index in [4.69, 9.17) is 77.3 Å². The lowest BCUT2D eigenvalue weighted by Gasteiger charge is -2.35. The number of Topliss-reactive ketones (excluding diaryl/α,β-unsaturated/α-hetero) is 2. The number of esters is 11. The van der Waals surface area contributed by atoms with E-state index >= 15 is 9.59 Å². The number of amides is 1. The van der Waals surface area contributed by atoms with Gasteiger partial charge in [-0.1, -0.05) is 117 Å². The number of carbonyl (C=O) groups excluding carboxylic acids is 14. The van der Waals surface area contributed by atoms with Crippen molar-refractivity contribution >= 4 is 163 Å². The molecule has 4 radical (unpaired) electrons. The predicted molar refractivity (Wildman–Crippen MR) is 428 cm³/mol. The number of methoxy groups -OCH3 is 1. The number of rotatable bonds is 47. The second-order valence-corrected chi connectivity index (χ2v) is 43.8. The highest BCUT2D eigenvalue weighted by atomic mass is 79.9. The highest BCUT2D eigenvalue weighted by molar-refractivity contribution is 9.10. The zero-order chi connectivity index (χ0) is 87.2. The van der Waals surface area contributed by atoms with Crippen LogP contribution in [-0.4, -0.2) is 226 Å². The van der Waals surface area contributed by atoms with Crippen LogP contribution in [0.25, 0.3) is 0 Å². The average Bonchev–Trinajstić information content (AvgIpc) is 1.57. The maximum atomic E-state index is 15.4. The Morgan fingerprint density at radius 1 is 0.416 bits per heavy atom. The van der Waals surface area contributed by atoms with Crippen molar-refractivity contribution in [1.29, 1.82) is 0 Å². The van der Waals surface area contributed by atoms with E-state index in [1.807, 2.05) is 0 Å². The lowest BCUT2D eigenvalue weighted by Crippen LogP contribution is -2.45. The molecule has 2 bridgehead atoms. The second-order valence-electron chi connectivity index (χ2n) is 35.8. The smallest absolute Gasteiger partial charge is 0.322 e. The Bertz CT molecular complexity index is 3330. The molecule has 3 aliphatic heterocycles. The normalized spacial score (nSPS) is 19.3. The Morgan fingerprint density at radius 2 is 0.743 bits per heavy atom. The van der Waals surface area contributed by atoms with Crippen LogP contribution in [0.4, 0.5) is 0 Å². The summed E-state index contributed by atoms with van der Waals surface area (Å²) in [6.45, 7) is 30.9. The molecule has 3 saturated heterocycles. The SMILES string of the molecule is [B]C(C)(C)C(=O)OCC(C)(COC(=O)C([B])(C)C)C(=C)CCC(C)(COC(=O)C(C)(COC(=O)C(C)(C)Br)COC(=O)C(C)(C)Br)C(=O)OCC(COC(=O)C(C)(CCC(=O)C(C)(CCC(=O)C(C)(C)Br)COC)COC(=O)C(C)(COC(=O)C(C)(C)C)COC(=O)C(C)(C)Br)C(=O)OCCN1C(=C)C2C3CCC(O3)C2C1=O. The minimum Gasteiger partial charge on any atom is -0.465 e. The van der Waals surface area contributed by atoms with E-state index in [0.29, 0.717) is 12.1 Å². The van der Waals surface area contributed by atoms with Crippen LogP contribution in [-0.2, 0) is 129 Å². The van der Waals surface area contributed by atoms with E-state index < -0.39 is 235 Å². The minimum atomic E-state index is -2.07. The Morgan fingerprint density at radius 3 is 1.11 bits per heavy atom. The molecule has 34 heteroatoms. The van der Waals surface area contributed by atoms with Crippen LogP contribution in [0, 0.1) is 55.7 Å². The standard InChI is InChI=1S/C79H117B2Br4NO27/c1-46(77(21,40-106-58(92)68(6,7)80)41-107-59(93)69(8,9)81)27-30-75(19,38-111-66(100)79(23,44-109-61(95)72(14,15)84)45-110-62(96)73(16,17)85)63(97)103-35-48(56(90)102-34-33-86-47(2)53-49-25-26-50(113-49)54(53)55(86)89)36-104-64(98)76(20,32-29-52(88)74(18,37-101-24)31-28-51(87)70(10,11)82)39-112-65(99)78(22,42-105-57(91)67(3,4)5)43-108-60(94)71(12,13)83/h48-50,53-54H,1-2,25-45H2,3-24H3. The van der Waals surface area contributed by atoms with Gasteiger partial charge in [-0.25, -0.2) is 0 Å². The largest absolute Gasteiger partial charge is 0.465 e. The minimum absolute atomic E-state index is 0.00404. The molecule has 1 amide bonds. The lowest BCUT2D eigenvalue weighted by atomic mass is 9.72. The number of carbonyl (C=O) groups is 14.